The van der Waals surface area contributed by atoms with Crippen molar-refractivity contribution in [3.8, 4) is 11.3 Å². The van der Waals surface area contributed by atoms with Crippen molar-refractivity contribution in [3.63, 3.8) is 0 Å². The summed E-state index contributed by atoms with van der Waals surface area (Å²) in [5.41, 5.74) is 3.47. The molecule has 1 aromatic carbocycles. The van der Waals surface area contributed by atoms with Crippen LogP contribution in [0.25, 0.3) is 22.3 Å². The van der Waals surface area contributed by atoms with E-state index >= 15 is 0 Å². The van der Waals surface area contributed by atoms with Crippen LogP contribution < -0.4 is 0 Å². The molecule has 0 atom stereocenters. The summed E-state index contributed by atoms with van der Waals surface area (Å²) in [6, 6.07) is 11.4. The second-order valence-corrected chi connectivity index (χ2v) is 4.00. The average Bonchev–Trinajstić information content (AvgIpc) is 2.39. The molecule has 82 valence electrons. The van der Waals surface area contributed by atoms with Crippen molar-refractivity contribution in [1.82, 2.24) is 15.0 Å². The van der Waals surface area contributed by atoms with E-state index in [0.717, 1.165) is 22.3 Å². The van der Waals surface area contributed by atoms with Gasteiger partial charge < -0.3 is 0 Å². The minimum absolute atomic E-state index is 0.475. The molecule has 2 aromatic heterocycles. The van der Waals surface area contributed by atoms with E-state index in [4.69, 9.17) is 11.6 Å². The van der Waals surface area contributed by atoms with Crippen molar-refractivity contribution in [1.29, 1.82) is 0 Å². The zero-order valence-corrected chi connectivity index (χ0v) is 9.59. The molecule has 0 N–H and O–H groups in total. The lowest BCUT2D eigenvalue weighted by atomic mass is 10.2. The summed E-state index contributed by atoms with van der Waals surface area (Å²) in [7, 11) is 0. The highest BCUT2D eigenvalue weighted by molar-refractivity contribution is 6.29. The summed E-state index contributed by atoms with van der Waals surface area (Å²) in [5, 5.41) is 0.475. The highest BCUT2D eigenvalue weighted by Gasteiger charge is 2.02. The van der Waals surface area contributed by atoms with Gasteiger partial charge in [0.15, 0.2) is 0 Å². The third-order valence-corrected chi connectivity index (χ3v) is 2.70. The van der Waals surface area contributed by atoms with Crippen molar-refractivity contribution in [2.24, 2.45) is 0 Å². The van der Waals surface area contributed by atoms with Gasteiger partial charge in [-0.25, -0.2) is 9.97 Å². The van der Waals surface area contributed by atoms with E-state index in [0.29, 0.717) is 5.15 Å². The van der Waals surface area contributed by atoms with Gasteiger partial charge in [0.25, 0.3) is 0 Å². The predicted octanol–water partition coefficient (Wildman–Crippen LogP) is 3.35. The molecule has 17 heavy (non-hydrogen) atoms. The molecule has 3 rings (SSSR count). The summed E-state index contributed by atoms with van der Waals surface area (Å²) in [4.78, 5) is 12.9. The minimum atomic E-state index is 0.475. The normalized spacial score (nSPS) is 10.6. The number of hydrogen-bond donors (Lipinski definition) is 0. The minimum Gasteiger partial charge on any atom is -0.252 e. The lowest BCUT2D eigenvalue weighted by Crippen LogP contribution is -1.88. The maximum Gasteiger partial charge on any atom is 0.129 e. The van der Waals surface area contributed by atoms with Gasteiger partial charge in [-0.2, -0.15) is 0 Å². The number of fused-ring (bicyclic) bond motifs is 1. The second kappa shape index (κ2) is 4.11. The van der Waals surface area contributed by atoms with E-state index in [-0.39, 0.29) is 0 Å². The number of aromatic nitrogens is 3. The van der Waals surface area contributed by atoms with Gasteiger partial charge in [0, 0.05) is 11.8 Å². The van der Waals surface area contributed by atoms with Gasteiger partial charge in [0.2, 0.25) is 0 Å². The van der Waals surface area contributed by atoms with Crippen molar-refractivity contribution in [2.75, 3.05) is 0 Å². The molecule has 0 bridgehead atoms. The molecule has 0 unspecified atom stereocenters. The first-order valence-electron chi connectivity index (χ1n) is 5.17. The van der Waals surface area contributed by atoms with E-state index in [1.165, 1.54) is 0 Å². The number of benzene rings is 1. The Labute approximate surface area is 103 Å². The van der Waals surface area contributed by atoms with Gasteiger partial charge in [-0.15, -0.1) is 0 Å². The Kier molecular flexibility index (Phi) is 2.46. The number of hydrogen-bond acceptors (Lipinski definition) is 3. The summed E-state index contributed by atoms with van der Waals surface area (Å²) < 4.78 is 0. The van der Waals surface area contributed by atoms with Gasteiger partial charge in [0.05, 0.1) is 22.9 Å². The molecule has 0 spiro atoms. The first-order valence-corrected chi connectivity index (χ1v) is 5.54. The van der Waals surface area contributed by atoms with Gasteiger partial charge in [-0.05, 0) is 24.3 Å². The zero-order chi connectivity index (χ0) is 11.7. The van der Waals surface area contributed by atoms with E-state index in [1.807, 2.05) is 30.3 Å². The lowest BCUT2D eigenvalue weighted by molar-refractivity contribution is 1.26. The lowest BCUT2D eigenvalue weighted by Gasteiger charge is -2.01. The van der Waals surface area contributed by atoms with Crippen LogP contribution >= 0.6 is 11.6 Å². The molecule has 0 aliphatic heterocycles. The number of para-hydroxylation sites is 2. The van der Waals surface area contributed by atoms with Crippen LogP contribution in [0.5, 0.6) is 0 Å². The molecule has 3 nitrogen and oxygen atoms in total. The molecule has 0 radical (unpaired) electrons. The fourth-order valence-corrected chi connectivity index (χ4v) is 1.74. The van der Waals surface area contributed by atoms with Gasteiger partial charge in [-0.1, -0.05) is 23.7 Å². The van der Waals surface area contributed by atoms with Crippen LogP contribution in [0.3, 0.4) is 0 Å². The molecule has 0 amide bonds. The number of rotatable bonds is 1. The Hall–Kier alpha value is -2.00. The van der Waals surface area contributed by atoms with Crippen LogP contribution in [-0.2, 0) is 0 Å². The Morgan fingerprint density at radius 2 is 1.65 bits per heavy atom. The predicted molar refractivity (Wildman–Crippen MR) is 67.8 cm³/mol. The first-order chi connectivity index (χ1) is 8.33. The van der Waals surface area contributed by atoms with Gasteiger partial charge >= 0.3 is 0 Å². The Morgan fingerprint density at radius 1 is 0.824 bits per heavy atom. The van der Waals surface area contributed by atoms with Crippen molar-refractivity contribution >= 4 is 22.6 Å². The largest absolute Gasteiger partial charge is 0.252 e. The van der Waals surface area contributed by atoms with E-state index in [9.17, 15) is 0 Å². The molecule has 2 heterocycles. The molecule has 3 aromatic rings. The first kappa shape index (κ1) is 10.2. The Morgan fingerprint density at radius 3 is 2.41 bits per heavy atom. The molecule has 0 aliphatic carbocycles. The number of nitrogens with zero attached hydrogens (tertiary/aromatic N) is 3. The standard InChI is InChI=1S/C13H8ClN3/c14-13-6-5-9(7-16-13)12-8-15-10-3-1-2-4-11(10)17-12/h1-8H. The van der Waals surface area contributed by atoms with E-state index < -0.39 is 0 Å². The van der Waals surface area contributed by atoms with Crippen LogP contribution in [0.4, 0.5) is 0 Å². The van der Waals surface area contributed by atoms with E-state index in [1.54, 1.807) is 18.5 Å². The third kappa shape index (κ3) is 1.97. The summed E-state index contributed by atoms with van der Waals surface area (Å²) in [6.45, 7) is 0. The summed E-state index contributed by atoms with van der Waals surface area (Å²) >= 11 is 5.75. The molecular weight excluding hydrogens is 234 g/mol. The summed E-state index contributed by atoms with van der Waals surface area (Å²) in [5.74, 6) is 0. The van der Waals surface area contributed by atoms with Crippen LogP contribution in [0.1, 0.15) is 0 Å². The highest BCUT2D eigenvalue weighted by atomic mass is 35.5. The van der Waals surface area contributed by atoms with Crippen LogP contribution in [0, 0.1) is 0 Å². The topological polar surface area (TPSA) is 38.7 Å². The SMILES string of the molecule is Clc1ccc(-c2cnc3ccccc3n2)cn1. The fraction of sp³-hybridized carbons (Fsp3) is 0. The smallest absolute Gasteiger partial charge is 0.129 e. The van der Waals surface area contributed by atoms with Gasteiger partial charge in [-0.3, -0.25) is 4.98 Å². The summed E-state index contributed by atoms with van der Waals surface area (Å²) in [6.07, 6.45) is 3.44. The Bertz CT molecular complexity index is 665. The fourth-order valence-electron chi connectivity index (χ4n) is 1.62. The highest BCUT2D eigenvalue weighted by Crippen LogP contribution is 2.19. The van der Waals surface area contributed by atoms with E-state index in [2.05, 4.69) is 15.0 Å². The quantitative estimate of drug-likeness (QED) is 0.614. The molecule has 4 heteroatoms. The molecule has 0 fully saturated rings. The van der Waals surface area contributed by atoms with Gasteiger partial charge in [0.1, 0.15) is 5.15 Å². The molecule has 0 aliphatic rings. The second-order valence-electron chi connectivity index (χ2n) is 3.61. The Balaban J connectivity index is 2.14. The van der Waals surface area contributed by atoms with Crippen molar-refractivity contribution in [2.45, 2.75) is 0 Å². The van der Waals surface area contributed by atoms with Crippen molar-refractivity contribution in [3.05, 3.63) is 53.9 Å². The van der Waals surface area contributed by atoms with Crippen LogP contribution in [0.15, 0.2) is 48.8 Å². The molecule has 0 saturated heterocycles. The maximum absolute atomic E-state index is 5.75. The maximum atomic E-state index is 5.75. The third-order valence-electron chi connectivity index (χ3n) is 2.47. The number of pyridine rings is 1. The van der Waals surface area contributed by atoms with Crippen LogP contribution in [0.2, 0.25) is 5.15 Å². The monoisotopic (exact) mass is 241 g/mol. The zero-order valence-electron chi connectivity index (χ0n) is 8.84. The molecular formula is C13H8ClN3. The van der Waals surface area contributed by atoms with Crippen LogP contribution in [-0.4, -0.2) is 15.0 Å². The number of halogens is 1. The van der Waals surface area contributed by atoms with Crippen molar-refractivity contribution < 1.29 is 0 Å². The molecule has 0 saturated carbocycles. The average molecular weight is 242 g/mol.